The minimum Gasteiger partial charge on any atom is -0.496 e. The van der Waals surface area contributed by atoms with Crippen molar-refractivity contribution in [1.29, 1.82) is 0 Å². The second kappa shape index (κ2) is 9.80. The van der Waals surface area contributed by atoms with Gasteiger partial charge in [0, 0.05) is 12.1 Å². The molecule has 0 aliphatic rings. The van der Waals surface area contributed by atoms with Gasteiger partial charge < -0.3 is 24.1 Å². The van der Waals surface area contributed by atoms with Crippen molar-refractivity contribution in [2.75, 3.05) is 14.2 Å². The van der Waals surface area contributed by atoms with E-state index in [9.17, 15) is 9.59 Å². The summed E-state index contributed by atoms with van der Waals surface area (Å²) in [6, 6.07) is 12.0. The van der Waals surface area contributed by atoms with Gasteiger partial charge in [0.05, 0.1) is 25.5 Å². The number of aryl methyl sites for hydroxylation is 2. The van der Waals surface area contributed by atoms with Crippen molar-refractivity contribution >= 4 is 11.9 Å². The molecule has 0 atom stereocenters. The number of hydrogen-bond donors (Lipinski definition) is 1. The maximum atomic E-state index is 12.6. The molecule has 1 N–H and O–H groups in total. The third-order valence-corrected chi connectivity index (χ3v) is 4.78. The smallest absolute Gasteiger partial charge is 0.341 e. The molecule has 0 radical (unpaired) electrons. The Labute approximate surface area is 180 Å². The number of carbonyl (C=O) groups excluding carboxylic acids is 2. The summed E-state index contributed by atoms with van der Waals surface area (Å²) in [5.74, 6) is 0.902. The van der Waals surface area contributed by atoms with Crippen LogP contribution in [0.15, 0.2) is 47.0 Å². The number of methoxy groups -OCH3 is 2. The molecule has 0 aliphatic carbocycles. The minimum atomic E-state index is -0.506. The van der Waals surface area contributed by atoms with Gasteiger partial charge in [-0.3, -0.25) is 4.79 Å². The van der Waals surface area contributed by atoms with Gasteiger partial charge in [-0.1, -0.05) is 17.3 Å². The monoisotopic (exact) mass is 424 g/mol. The first kappa shape index (κ1) is 21.9. The fourth-order valence-electron chi connectivity index (χ4n) is 3.01. The summed E-state index contributed by atoms with van der Waals surface area (Å²) in [6.45, 7) is 4.21. The van der Waals surface area contributed by atoms with Crippen molar-refractivity contribution in [2.24, 2.45) is 0 Å². The lowest BCUT2D eigenvalue weighted by molar-refractivity contribution is 0.0597. The number of amides is 1. The van der Waals surface area contributed by atoms with Crippen molar-refractivity contribution in [2.45, 2.75) is 27.0 Å². The largest absolute Gasteiger partial charge is 0.496 e. The highest BCUT2D eigenvalue weighted by atomic mass is 16.5. The molecule has 3 aromatic rings. The summed E-state index contributed by atoms with van der Waals surface area (Å²) >= 11 is 0. The molecule has 0 unspecified atom stereocenters. The molecule has 1 amide bonds. The van der Waals surface area contributed by atoms with Crippen LogP contribution < -0.4 is 14.8 Å². The van der Waals surface area contributed by atoms with E-state index in [1.54, 1.807) is 42.5 Å². The van der Waals surface area contributed by atoms with E-state index in [2.05, 4.69) is 10.5 Å². The Bertz CT molecular complexity index is 1070. The zero-order chi connectivity index (χ0) is 22.4. The van der Waals surface area contributed by atoms with E-state index in [0.717, 1.165) is 16.8 Å². The van der Waals surface area contributed by atoms with Gasteiger partial charge in [-0.05, 0) is 49.7 Å². The van der Waals surface area contributed by atoms with E-state index in [-0.39, 0.29) is 12.5 Å². The fraction of sp³-hybridized carbons (Fsp3) is 0.261. The van der Waals surface area contributed by atoms with E-state index < -0.39 is 5.97 Å². The molecule has 31 heavy (non-hydrogen) atoms. The highest BCUT2D eigenvalue weighted by Gasteiger charge is 2.15. The normalized spacial score (nSPS) is 10.5. The van der Waals surface area contributed by atoms with E-state index in [1.807, 2.05) is 13.8 Å². The second-order valence-electron chi connectivity index (χ2n) is 6.83. The third-order valence-electron chi connectivity index (χ3n) is 4.78. The molecule has 8 heteroatoms. The van der Waals surface area contributed by atoms with Crippen LogP contribution in [0.2, 0.25) is 0 Å². The van der Waals surface area contributed by atoms with E-state index in [4.69, 9.17) is 18.7 Å². The number of nitrogens with one attached hydrogen (secondary N) is 1. The molecule has 0 saturated carbocycles. The van der Waals surface area contributed by atoms with Crippen LogP contribution >= 0.6 is 0 Å². The Hall–Kier alpha value is -3.81. The average molecular weight is 424 g/mol. The summed E-state index contributed by atoms with van der Waals surface area (Å²) in [6.07, 6.45) is 0. The molecule has 1 heterocycles. The summed E-state index contributed by atoms with van der Waals surface area (Å²) in [4.78, 5) is 24.5. The van der Waals surface area contributed by atoms with Gasteiger partial charge in [0.25, 0.3) is 5.91 Å². The van der Waals surface area contributed by atoms with Crippen molar-refractivity contribution in [3.63, 3.8) is 0 Å². The number of nitrogens with zero attached hydrogens (tertiary/aromatic N) is 1. The molecular formula is C23H24N2O6. The Morgan fingerprint density at radius 1 is 1.10 bits per heavy atom. The van der Waals surface area contributed by atoms with Gasteiger partial charge in [0.15, 0.2) is 0 Å². The first-order chi connectivity index (χ1) is 14.9. The van der Waals surface area contributed by atoms with Gasteiger partial charge in [-0.25, -0.2) is 4.79 Å². The van der Waals surface area contributed by atoms with E-state index in [0.29, 0.717) is 35.0 Å². The first-order valence-corrected chi connectivity index (χ1v) is 9.61. The highest BCUT2D eigenvalue weighted by molar-refractivity contribution is 5.95. The van der Waals surface area contributed by atoms with Crippen molar-refractivity contribution in [3.8, 4) is 11.5 Å². The summed E-state index contributed by atoms with van der Waals surface area (Å²) in [5, 5.41) is 6.74. The molecule has 0 spiro atoms. The number of ether oxygens (including phenoxy) is 3. The van der Waals surface area contributed by atoms with Crippen LogP contribution in [0.1, 0.15) is 43.3 Å². The van der Waals surface area contributed by atoms with Gasteiger partial charge in [0.2, 0.25) is 0 Å². The topological polar surface area (TPSA) is 99.9 Å². The van der Waals surface area contributed by atoms with Gasteiger partial charge in [-0.2, -0.15) is 0 Å². The van der Waals surface area contributed by atoms with Crippen LogP contribution in [-0.2, 0) is 17.9 Å². The van der Waals surface area contributed by atoms with Crippen LogP contribution in [0.25, 0.3) is 0 Å². The minimum absolute atomic E-state index is 0.233. The van der Waals surface area contributed by atoms with Gasteiger partial charge in [-0.15, -0.1) is 0 Å². The van der Waals surface area contributed by atoms with Gasteiger partial charge in [0.1, 0.15) is 29.4 Å². The number of esters is 1. The lowest BCUT2D eigenvalue weighted by Crippen LogP contribution is -2.23. The maximum Gasteiger partial charge on any atom is 0.341 e. The first-order valence-electron chi connectivity index (χ1n) is 9.61. The number of aromatic nitrogens is 1. The van der Waals surface area contributed by atoms with Gasteiger partial charge >= 0.3 is 5.97 Å². The highest BCUT2D eigenvalue weighted by Crippen LogP contribution is 2.21. The molecule has 3 rings (SSSR count). The predicted molar refractivity (Wildman–Crippen MR) is 112 cm³/mol. The van der Waals surface area contributed by atoms with E-state index >= 15 is 0 Å². The summed E-state index contributed by atoms with van der Waals surface area (Å²) in [5.41, 5.74) is 3.15. The van der Waals surface area contributed by atoms with Crippen molar-refractivity contribution in [1.82, 2.24) is 10.5 Å². The third kappa shape index (κ3) is 5.22. The molecular weight excluding hydrogens is 400 g/mol. The second-order valence-corrected chi connectivity index (χ2v) is 6.83. The Balaban J connectivity index is 1.65. The SMILES string of the molecule is COC(=O)c1cc(CNC(=O)c2cccc(OCc3c(C)noc3C)c2)ccc1OC. The van der Waals surface area contributed by atoms with Crippen LogP contribution in [0.3, 0.4) is 0 Å². The number of rotatable bonds is 8. The Morgan fingerprint density at radius 2 is 1.90 bits per heavy atom. The van der Waals surface area contributed by atoms with Crippen molar-refractivity contribution in [3.05, 3.63) is 76.2 Å². The molecule has 0 fully saturated rings. The quantitative estimate of drug-likeness (QED) is 0.552. The van der Waals surface area contributed by atoms with Crippen LogP contribution in [0.4, 0.5) is 0 Å². The lowest BCUT2D eigenvalue weighted by Gasteiger charge is -2.11. The fourth-order valence-corrected chi connectivity index (χ4v) is 3.01. The number of carbonyl (C=O) groups is 2. The molecule has 162 valence electrons. The zero-order valence-electron chi connectivity index (χ0n) is 17.9. The Morgan fingerprint density at radius 3 is 2.58 bits per heavy atom. The van der Waals surface area contributed by atoms with E-state index in [1.165, 1.54) is 14.2 Å². The van der Waals surface area contributed by atoms with Crippen molar-refractivity contribution < 1.29 is 28.3 Å². The molecule has 2 aromatic carbocycles. The van der Waals surface area contributed by atoms with Crippen LogP contribution in [0, 0.1) is 13.8 Å². The predicted octanol–water partition coefficient (Wildman–Crippen LogP) is 3.60. The lowest BCUT2D eigenvalue weighted by atomic mass is 10.1. The standard InChI is InChI=1S/C23H24N2O6/c1-14-20(15(2)31-25-14)13-30-18-7-5-6-17(11-18)22(26)24-12-16-8-9-21(28-3)19(10-16)23(27)29-4/h5-11H,12-13H2,1-4H3,(H,24,26). The Kier molecular flexibility index (Phi) is 6.92. The molecule has 0 bridgehead atoms. The molecule has 0 saturated heterocycles. The maximum absolute atomic E-state index is 12.6. The molecule has 1 aromatic heterocycles. The van der Waals surface area contributed by atoms with Crippen LogP contribution in [-0.4, -0.2) is 31.3 Å². The zero-order valence-corrected chi connectivity index (χ0v) is 17.9. The number of hydrogen-bond acceptors (Lipinski definition) is 7. The molecule has 0 aliphatic heterocycles. The summed E-state index contributed by atoms with van der Waals surface area (Å²) < 4.78 is 20.9. The molecule has 8 nitrogen and oxygen atoms in total. The summed E-state index contributed by atoms with van der Waals surface area (Å²) in [7, 11) is 2.78. The number of benzene rings is 2. The van der Waals surface area contributed by atoms with Crippen LogP contribution in [0.5, 0.6) is 11.5 Å². The average Bonchev–Trinajstić information content (AvgIpc) is 3.12.